The number of ether oxygens (including phenoxy) is 2. The molecule has 2 nitrogen and oxygen atoms in total. The van der Waals surface area contributed by atoms with Crippen LogP contribution in [0.15, 0.2) is 0 Å². The molecular weight excluding hydrogens is 128 g/mol. The molecule has 0 saturated heterocycles. The fraction of sp³-hybridized carbons (Fsp3) is 1.00. The normalized spacial score (nSPS) is 11.7. The average molecular weight is 148 g/mol. The van der Waals surface area contributed by atoms with E-state index in [4.69, 9.17) is 9.47 Å². The number of hydrogen-bond acceptors (Lipinski definition) is 2. The summed E-state index contributed by atoms with van der Waals surface area (Å²) in [5.41, 5.74) is 0. The highest BCUT2D eigenvalue weighted by molar-refractivity contribution is 4.49. The van der Waals surface area contributed by atoms with E-state index in [0.717, 1.165) is 6.42 Å². The zero-order valence-corrected chi connectivity index (χ0v) is 7.81. The lowest BCUT2D eigenvalue weighted by molar-refractivity contribution is 0.0265. The monoisotopic (exact) mass is 148 g/mol. The molecule has 0 aromatic heterocycles. The van der Waals surface area contributed by atoms with Crippen molar-refractivity contribution in [2.75, 3.05) is 20.8 Å². The lowest BCUT2D eigenvalue weighted by Crippen LogP contribution is -2.15. The molecule has 1 atom stereocenters. The van der Waals surface area contributed by atoms with Crippen LogP contribution in [0.5, 0.6) is 0 Å². The van der Waals surface area contributed by atoms with Gasteiger partial charge in [0.25, 0.3) is 0 Å². The fourth-order valence-corrected chi connectivity index (χ4v) is 0.538. The molecule has 64 valence electrons. The second kappa shape index (κ2) is 11.7. The van der Waals surface area contributed by atoms with E-state index >= 15 is 0 Å². The maximum atomic E-state index is 5.01. The van der Waals surface area contributed by atoms with E-state index in [-0.39, 0.29) is 6.10 Å². The molecular formula is C8H20O2. The second-order valence-electron chi connectivity index (χ2n) is 1.72. The van der Waals surface area contributed by atoms with E-state index in [1.807, 2.05) is 13.8 Å². The molecule has 0 rings (SSSR count). The highest BCUT2D eigenvalue weighted by Crippen LogP contribution is 1.94. The summed E-state index contributed by atoms with van der Waals surface area (Å²) in [7, 11) is 3.38. The molecule has 0 saturated carbocycles. The largest absolute Gasteiger partial charge is 0.382 e. The predicted octanol–water partition coefficient (Wildman–Crippen LogP) is 2.08. The van der Waals surface area contributed by atoms with Crippen molar-refractivity contribution < 1.29 is 9.47 Å². The summed E-state index contributed by atoms with van der Waals surface area (Å²) in [6, 6.07) is 0. The summed E-state index contributed by atoms with van der Waals surface area (Å²) < 4.78 is 9.88. The Balaban J connectivity index is 0. The molecule has 0 aliphatic rings. The van der Waals surface area contributed by atoms with Gasteiger partial charge in [-0.05, 0) is 6.42 Å². The molecule has 0 radical (unpaired) electrons. The van der Waals surface area contributed by atoms with Crippen molar-refractivity contribution >= 4 is 0 Å². The first kappa shape index (κ1) is 12.6. The summed E-state index contributed by atoms with van der Waals surface area (Å²) in [4.78, 5) is 0. The average Bonchev–Trinajstić information content (AvgIpc) is 2.04. The van der Waals surface area contributed by atoms with E-state index in [1.54, 1.807) is 14.2 Å². The van der Waals surface area contributed by atoms with Crippen LogP contribution in [0.25, 0.3) is 0 Å². The molecule has 0 aliphatic carbocycles. The first-order valence-corrected chi connectivity index (χ1v) is 3.86. The molecule has 0 aliphatic heterocycles. The molecule has 0 aromatic rings. The Morgan fingerprint density at radius 1 is 1.20 bits per heavy atom. The molecule has 0 aromatic carbocycles. The fourth-order valence-electron chi connectivity index (χ4n) is 0.538. The van der Waals surface area contributed by atoms with Crippen LogP contribution in [0.1, 0.15) is 27.2 Å². The first-order chi connectivity index (χ1) is 4.85. The Morgan fingerprint density at radius 3 is 1.80 bits per heavy atom. The van der Waals surface area contributed by atoms with Crippen molar-refractivity contribution in [1.82, 2.24) is 0 Å². The van der Waals surface area contributed by atoms with Crippen molar-refractivity contribution in [1.29, 1.82) is 0 Å². The summed E-state index contributed by atoms with van der Waals surface area (Å²) >= 11 is 0. The second-order valence-corrected chi connectivity index (χ2v) is 1.72. The number of hydrogen-bond donors (Lipinski definition) is 0. The highest BCUT2D eigenvalue weighted by atomic mass is 16.5. The Kier molecular flexibility index (Phi) is 14.7. The minimum atomic E-state index is 0.278. The van der Waals surface area contributed by atoms with Crippen molar-refractivity contribution in [3.8, 4) is 0 Å². The van der Waals surface area contributed by atoms with E-state index in [9.17, 15) is 0 Å². The van der Waals surface area contributed by atoms with Crippen molar-refractivity contribution in [3.63, 3.8) is 0 Å². The summed E-state index contributed by atoms with van der Waals surface area (Å²) in [6.45, 7) is 6.78. The summed E-state index contributed by atoms with van der Waals surface area (Å²) in [5.74, 6) is 0. The zero-order chi connectivity index (χ0) is 8.41. The van der Waals surface area contributed by atoms with Crippen molar-refractivity contribution in [2.45, 2.75) is 33.3 Å². The Morgan fingerprint density at radius 2 is 1.70 bits per heavy atom. The van der Waals surface area contributed by atoms with Gasteiger partial charge in [0.05, 0.1) is 12.7 Å². The van der Waals surface area contributed by atoms with Crippen LogP contribution in [-0.4, -0.2) is 26.9 Å². The van der Waals surface area contributed by atoms with Crippen LogP contribution in [0.4, 0.5) is 0 Å². The third kappa shape index (κ3) is 7.92. The van der Waals surface area contributed by atoms with Gasteiger partial charge in [0.1, 0.15) is 0 Å². The molecule has 1 unspecified atom stereocenters. The minimum absolute atomic E-state index is 0.278. The summed E-state index contributed by atoms with van der Waals surface area (Å²) in [6.07, 6.45) is 1.30. The SMILES string of the molecule is CC.CCC(COC)OC. The molecule has 0 spiro atoms. The van der Waals surface area contributed by atoms with Gasteiger partial charge in [0, 0.05) is 14.2 Å². The van der Waals surface area contributed by atoms with Crippen LogP contribution >= 0.6 is 0 Å². The maximum absolute atomic E-state index is 5.01. The van der Waals surface area contributed by atoms with Gasteiger partial charge in [-0.1, -0.05) is 20.8 Å². The van der Waals surface area contributed by atoms with Gasteiger partial charge in [-0.2, -0.15) is 0 Å². The number of methoxy groups -OCH3 is 2. The topological polar surface area (TPSA) is 18.5 Å². The van der Waals surface area contributed by atoms with Crippen LogP contribution < -0.4 is 0 Å². The van der Waals surface area contributed by atoms with Gasteiger partial charge in [0.15, 0.2) is 0 Å². The summed E-state index contributed by atoms with van der Waals surface area (Å²) in [5, 5.41) is 0. The van der Waals surface area contributed by atoms with E-state index < -0.39 is 0 Å². The highest BCUT2D eigenvalue weighted by Gasteiger charge is 2.00. The molecule has 0 fully saturated rings. The Bertz CT molecular complexity index is 42.5. The Hall–Kier alpha value is -0.0800. The standard InChI is InChI=1S/C6H14O2.C2H6/c1-4-6(8-3)5-7-2;1-2/h6H,4-5H2,1-3H3;1-2H3. The van der Waals surface area contributed by atoms with Gasteiger partial charge in [-0.25, -0.2) is 0 Å². The zero-order valence-electron chi connectivity index (χ0n) is 7.81. The van der Waals surface area contributed by atoms with E-state index in [1.165, 1.54) is 0 Å². The molecule has 2 heteroatoms. The first-order valence-electron chi connectivity index (χ1n) is 3.86. The van der Waals surface area contributed by atoms with Gasteiger partial charge < -0.3 is 9.47 Å². The predicted molar refractivity (Wildman–Crippen MR) is 44.3 cm³/mol. The maximum Gasteiger partial charge on any atom is 0.0801 e. The molecule has 0 heterocycles. The smallest absolute Gasteiger partial charge is 0.0801 e. The van der Waals surface area contributed by atoms with E-state index in [2.05, 4.69) is 6.92 Å². The van der Waals surface area contributed by atoms with E-state index in [0.29, 0.717) is 6.61 Å². The van der Waals surface area contributed by atoms with Crippen LogP contribution in [0, 0.1) is 0 Å². The van der Waals surface area contributed by atoms with Gasteiger partial charge in [-0.3, -0.25) is 0 Å². The quantitative estimate of drug-likeness (QED) is 0.607. The van der Waals surface area contributed by atoms with Crippen LogP contribution in [0.3, 0.4) is 0 Å². The molecule has 0 N–H and O–H groups in total. The Labute approximate surface area is 64.5 Å². The third-order valence-electron chi connectivity index (χ3n) is 1.14. The van der Waals surface area contributed by atoms with Gasteiger partial charge >= 0.3 is 0 Å². The molecule has 0 amide bonds. The molecule has 0 bridgehead atoms. The van der Waals surface area contributed by atoms with Crippen LogP contribution in [-0.2, 0) is 9.47 Å². The van der Waals surface area contributed by atoms with Crippen LogP contribution in [0.2, 0.25) is 0 Å². The lowest BCUT2D eigenvalue weighted by atomic mass is 10.3. The van der Waals surface area contributed by atoms with Crippen molar-refractivity contribution in [3.05, 3.63) is 0 Å². The number of rotatable bonds is 4. The molecule has 10 heavy (non-hydrogen) atoms. The van der Waals surface area contributed by atoms with Crippen molar-refractivity contribution in [2.24, 2.45) is 0 Å². The lowest BCUT2D eigenvalue weighted by Gasteiger charge is -2.09. The minimum Gasteiger partial charge on any atom is -0.382 e. The van der Waals surface area contributed by atoms with Gasteiger partial charge in [0.2, 0.25) is 0 Å². The third-order valence-corrected chi connectivity index (χ3v) is 1.14. The van der Waals surface area contributed by atoms with Gasteiger partial charge in [-0.15, -0.1) is 0 Å².